The number of anilines is 1. The number of likely N-dealkylation sites (tertiary alicyclic amines) is 1. The predicted octanol–water partition coefficient (Wildman–Crippen LogP) is 3.14. The van der Waals surface area contributed by atoms with Crippen molar-refractivity contribution >= 4 is 22.6 Å². The lowest BCUT2D eigenvalue weighted by molar-refractivity contribution is -0.126. The zero-order chi connectivity index (χ0) is 24.1. The van der Waals surface area contributed by atoms with Crippen LogP contribution in [-0.2, 0) is 27.5 Å². The molecule has 4 rings (SSSR count). The van der Waals surface area contributed by atoms with E-state index in [0.717, 1.165) is 42.8 Å². The molecule has 8 nitrogen and oxygen atoms in total. The fraction of sp³-hybridized carbons (Fsp3) is 0.462. The summed E-state index contributed by atoms with van der Waals surface area (Å²) in [6.07, 6.45) is 0.886. The summed E-state index contributed by atoms with van der Waals surface area (Å²) in [6.45, 7) is 7.62. The molecule has 1 aliphatic heterocycles. The highest BCUT2D eigenvalue weighted by atomic mass is 16.7. The fourth-order valence-corrected chi connectivity index (χ4v) is 4.81. The molecule has 0 N–H and O–H groups in total. The lowest BCUT2D eigenvalue weighted by atomic mass is 9.94. The number of nitrogens with zero attached hydrogens (tertiary/aromatic N) is 4. The monoisotopic (exact) mass is 466 g/mol. The van der Waals surface area contributed by atoms with E-state index >= 15 is 0 Å². The van der Waals surface area contributed by atoms with Crippen molar-refractivity contribution in [3.05, 3.63) is 65.1 Å². The molecular formula is C26H34N4O4. The summed E-state index contributed by atoms with van der Waals surface area (Å²) in [6, 6.07) is 17.4. The molecule has 3 aromatic rings. The third kappa shape index (κ3) is 5.09. The third-order valence-corrected chi connectivity index (χ3v) is 6.66. The number of hydrogen-bond acceptors (Lipinski definition) is 5. The Hall–Kier alpha value is -2.94. The van der Waals surface area contributed by atoms with Crippen LogP contribution >= 0.6 is 0 Å². The Morgan fingerprint density at radius 3 is 2.35 bits per heavy atom. The van der Waals surface area contributed by atoms with E-state index < -0.39 is 0 Å². The Labute approximate surface area is 200 Å². The molecule has 2 atom stereocenters. The van der Waals surface area contributed by atoms with Crippen LogP contribution in [0.25, 0.3) is 11.0 Å². The number of hydroxylamine groups is 1. The van der Waals surface area contributed by atoms with Crippen molar-refractivity contribution in [2.45, 2.75) is 39.5 Å². The summed E-state index contributed by atoms with van der Waals surface area (Å²) in [5.74, 6) is 0.0193. The van der Waals surface area contributed by atoms with Gasteiger partial charge in [-0.05, 0) is 44.2 Å². The molecule has 0 aliphatic carbocycles. The van der Waals surface area contributed by atoms with Crippen molar-refractivity contribution in [2.75, 3.05) is 38.4 Å². The summed E-state index contributed by atoms with van der Waals surface area (Å²) in [5.41, 5.74) is 2.72. The lowest BCUT2D eigenvalue weighted by Gasteiger charge is -2.38. The van der Waals surface area contributed by atoms with E-state index in [0.29, 0.717) is 19.7 Å². The van der Waals surface area contributed by atoms with Gasteiger partial charge >= 0.3 is 5.69 Å². The Morgan fingerprint density at radius 1 is 1.03 bits per heavy atom. The number of ether oxygens (including phenoxy) is 1. The first-order valence-corrected chi connectivity index (χ1v) is 11.9. The number of fused-ring (bicyclic) bond motifs is 1. The molecule has 1 amide bonds. The highest BCUT2D eigenvalue weighted by Crippen LogP contribution is 2.23. The van der Waals surface area contributed by atoms with Gasteiger partial charge in [-0.3, -0.25) is 23.7 Å². The predicted molar refractivity (Wildman–Crippen MR) is 133 cm³/mol. The Kier molecular flexibility index (Phi) is 7.82. The standard InChI is InChI=1S/C26H34N4O4/c1-4-28-23-12-8-9-13-24(23)29(26(28)32)17-16-27-15-14-21(25(18-27)33-3)19-34-30(20(2)31)22-10-6-5-7-11-22/h5-13,21,25H,4,14-19H2,1-3H3/t21-,25-/m1/s1. The van der Waals surface area contributed by atoms with Gasteiger partial charge in [0.2, 0.25) is 5.91 Å². The van der Waals surface area contributed by atoms with Gasteiger partial charge in [-0.15, -0.1) is 0 Å². The minimum Gasteiger partial charge on any atom is -0.380 e. The van der Waals surface area contributed by atoms with Crippen molar-refractivity contribution in [1.29, 1.82) is 0 Å². The number of aryl methyl sites for hydroxylation is 1. The van der Waals surface area contributed by atoms with Crippen LogP contribution in [0.3, 0.4) is 0 Å². The van der Waals surface area contributed by atoms with E-state index in [1.807, 2.05) is 70.7 Å². The minimum absolute atomic E-state index is 0.00737. The molecule has 2 aromatic carbocycles. The molecule has 182 valence electrons. The second-order valence-electron chi connectivity index (χ2n) is 8.74. The van der Waals surface area contributed by atoms with Crippen LogP contribution in [0.1, 0.15) is 20.3 Å². The van der Waals surface area contributed by atoms with Crippen LogP contribution < -0.4 is 10.8 Å². The topological polar surface area (TPSA) is 68.9 Å². The maximum absolute atomic E-state index is 12.9. The van der Waals surface area contributed by atoms with E-state index in [-0.39, 0.29) is 23.6 Å². The van der Waals surface area contributed by atoms with Gasteiger partial charge in [0.25, 0.3) is 0 Å². The Bertz CT molecular complexity index is 1160. The van der Waals surface area contributed by atoms with Crippen molar-refractivity contribution in [3.63, 3.8) is 0 Å². The Morgan fingerprint density at radius 2 is 1.71 bits per heavy atom. The number of aromatic nitrogens is 2. The van der Waals surface area contributed by atoms with Gasteiger partial charge in [0, 0.05) is 46.1 Å². The first-order chi connectivity index (χ1) is 16.5. The molecule has 0 spiro atoms. The van der Waals surface area contributed by atoms with Crippen molar-refractivity contribution in [3.8, 4) is 0 Å². The molecule has 34 heavy (non-hydrogen) atoms. The number of imidazole rings is 1. The largest absolute Gasteiger partial charge is 0.380 e. The molecule has 2 heterocycles. The first kappa shape index (κ1) is 24.2. The average Bonchev–Trinajstić information content (AvgIpc) is 3.14. The highest BCUT2D eigenvalue weighted by Gasteiger charge is 2.30. The van der Waals surface area contributed by atoms with E-state index in [2.05, 4.69) is 4.90 Å². The van der Waals surface area contributed by atoms with Crippen molar-refractivity contribution in [2.24, 2.45) is 5.92 Å². The van der Waals surface area contributed by atoms with E-state index in [4.69, 9.17) is 9.57 Å². The van der Waals surface area contributed by atoms with Gasteiger partial charge in [-0.1, -0.05) is 30.3 Å². The molecule has 1 aromatic heterocycles. The van der Waals surface area contributed by atoms with Gasteiger partial charge < -0.3 is 4.74 Å². The zero-order valence-corrected chi connectivity index (χ0v) is 20.2. The zero-order valence-electron chi connectivity index (χ0n) is 20.2. The molecule has 8 heteroatoms. The summed E-state index contributed by atoms with van der Waals surface area (Å²) >= 11 is 0. The number of para-hydroxylation sites is 3. The van der Waals surface area contributed by atoms with Gasteiger partial charge in [0.1, 0.15) is 0 Å². The normalized spacial score (nSPS) is 18.9. The van der Waals surface area contributed by atoms with Gasteiger partial charge in [-0.2, -0.15) is 5.06 Å². The van der Waals surface area contributed by atoms with Crippen LogP contribution in [0.4, 0.5) is 5.69 Å². The van der Waals surface area contributed by atoms with E-state index in [1.165, 1.54) is 12.0 Å². The number of benzene rings is 2. The molecule has 1 fully saturated rings. The van der Waals surface area contributed by atoms with Crippen LogP contribution in [0.5, 0.6) is 0 Å². The Balaban J connectivity index is 1.37. The molecule has 1 aliphatic rings. The highest BCUT2D eigenvalue weighted by molar-refractivity contribution is 5.89. The van der Waals surface area contributed by atoms with E-state index in [1.54, 1.807) is 7.11 Å². The fourth-order valence-electron chi connectivity index (χ4n) is 4.81. The molecule has 1 saturated heterocycles. The first-order valence-electron chi connectivity index (χ1n) is 11.9. The lowest BCUT2D eigenvalue weighted by Crippen LogP contribution is -2.48. The number of amides is 1. The van der Waals surface area contributed by atoms with Crippen molar-refractivity contribution < 1.29 is 14.4 Å². The summed E-state index contributed by atoms with van der Waals surface area (Å²) in [4.78, 5) is 33.3. The second-order valence-corrected chi connectivity index (χ2v) is 8.74. The molecule has 0 unspecified atom stereocenters. The van der Waals surface area contributed by atoms with Crippen LogP contribution in [-0.4, -0.2) is 59.4 Å². The number of carbonyl (C=O) groups is 1. The smallest absolute Gasteiger partial charge is 0.329 e. The van der Waals surface area contributed by atoms with Crippen molar-refractivity contribution in [1.82, 2.24) is 14.0 Å². The number of carbonyl (C=O) groups excluding carboxylic acids is 1. The van der Waals surface area contributed by atoms with Crippen LogP contribution in [0, 0.1) is 5.92 Å². The minimum atomic E-state index is -0.158. The second kappa shape index (κ2) is 11.0. The molecule has 0 saturated carbocycles. The summed E-state index contributed by atoms with van der Waals surface area (Å²) in [7, 11) is 1.72. The van der Waals surface area contributed by atoms with Gasteiger partial charge in [0.05, 0.1) is 29.4 Å². The quantitative estimate of drug-likeness (QED) is 0.453. The number of piperidine rings is 1. The maximum Gasteiger partial charge on any atom is 0.329 e. The average molecular weight is 467 g/mol. The van der Waals surface area contributed by atoms with Crippen LogP contribution in [0.2, 0.25) is 0 Å². The SMILES string of the molecule is CCn1c(=O)n(CCN2CC[C@H](CON(C(C)=O)c3ccccc3)[C@H](OC)C2)c2ccccc21. The van der Waals surface area contributed by atoms with E-state index in [9.17, 15) is 9.59 Å². The summed E-state index contributed by atoms with van der Waals surface area (Å²) in [5, 5.41) is 1.36. The third-order valence-electron chi connectivity index (χ3n) is 6.66. The van der Waals surface area contributed by atoms with Crippen LogP contribution in [0.15, 0.2) is 59.4 Å². The number of methoxy groups -OCH3 is 1. The summed E-state index contributed by atoms with van der Waals surface area (Å²) < 4.78 is 9.50. The van der Waals surface area contributed by atoms with Gasteiger partial charge in [0.15, 0.2) is 0 Å². The molecule has 0 bridgehead atoms. The molecule has 0 radical (unpaired) electrons. The van der Waals surface area contributed by atoms with Gasteiger partial charge in [-0.25, -0.2) is 4.79 Å². The maximum atomic E-state index is 12.9. The molecular weight excluding hydrogens is 432 g/mol. The number of hydrogen-bond donors (Lipinski definition) is 0. The number of rotatable bonds is 9.